The third kappa shape index (κ3) is 5.89. The summed E-state index contributed by atoms with van der Waals surface area (Å²) in [5.74, 6) is 2.04. The molecule has 0 spiro atoms. The van der Waals surface area contributed by atoms with Crippen LogP contribution in [0.2, 0.25) is 14.8 Å². The predicted octanol–water partition coefficient (Wildman–Crippen LogP) is 3.07. The van der Waals surface area contributed by atoms with Crippen LogP contribution in [-0.2, 0) is 4.74 Å². The van der Waals surface area contributed by atoms with Crippen molar-refractivity contribution in [2.75, 3.05) is 49.1 Å². The van der Waals surface area contributed by atoms with Crippen LogP contribution in [0.5, 0.6) is 0 Å². The van der Waals surface area contributed by atoms with Crippen molar-refractivity contribution in [3.8, 4) is 0 Å². The fourth-order valence-corrected chi connectivity index (χ4v) is 6.29. The molecule has 8 heteroatoms. The van der Waals surface area contributed by atoms with Crippen LogP contribution >= 0.6 is 0 Å². The molecule has 162 valence electrons. The second kappa shape index (κ2) is 8.86. The molecule has 0 aliphatic carbocycles. The molecule has 1 aromatic heterocycles. The molecule has 3 heterocycles. The van der Waals surface area contributed by atoms with E-state index in [-0.39, 0.29) is 6.09 Å². The molecule has 1 aromatic rings. The van der Waals surface area contributed by atoms with E-state index in [1.54, 1.807) is 0 Å². The summed E-state index contributed by atoms with van der Waals surface area (Å²) in [6.07, 6.45) is 5.15. The summed E-state index contributed by atoms with van der Waals surface area (Å²) >= 11 is -2.34. The summed E-state index contributed by atoms with van der Waals surface area (Å²) in [5.41, 5.74) is -0.467. The zero-order valence-electron chi connectivity index (χ0n) is 19.0. The van der Waals surface area contributed by atoms with Crippen LogP contribution in [-0.4, -0.2) is 84.2 Å². The Bertz CT molecular complexity index is 723. The number of ether oxygens (including phenoxy) is 1. The number of hydrogen-bond acceptors (Lipinski definition) is 6. The summed E-state index contributed by atoms with van der Waals surface area (Å²) in [7, 11) is 0. The van der Waals surface area contributed by atoms with Crippen molar-refractivity contribution < 1.29 is 9.53 Å². The van der Waals surface area contributed by atoms with Gasteiger partial charge in [-0.25, -0.2) is 0 Å². The molecule has 0 radical (unpaired) electrons. The summed E-state index contributed by atoms with van der Waals surface area (Å²) in [6, 6.07) is 0. The van der Waals surface area contributed by atoms with Gasteiger partial charge in [0.2, 0.25) is 0 Å². The predicted molar refractivity (Wildman–Crippen MR) is 121 cm³/mol. The molecule has 29 heavy (non-hydrogen) atoms. The molecule has 1 amide bonds. The Labute approximate surface area is 179 Å². The van der Waals surface area contributed by atoms with Gasteiger partial charge in [0.1, 0.15) is 0 Å². The van der Waals surface area contributed by atoms with Crippen LogP contribution < -0.4 is 13.5 Å². The van der Waals surface area contributed by atoms with Gasteiger partial charge in [0.05, 0.1) is 0 Å². The summed E-state index contributed by atoms with van der Waals surface area (Å²) in [6.45, 7) is 10.9. The molecule has 0 N–H and O–H groups in total. The van der Waals surface area contributed by atoms with Crippen molar-refractivity contribution in [2.24, 2.45) is 0 Å². The minimum atomic E-state index is -2.34. The van der Waals surface area contributed by atoms with Gasteiger partial charge in [-0.1, -0.05) is 0 Å². The maximum absolute atomic E-state index is 12.5. The fraction of sp³-hybridized carbons (Fsp3) is 0.762. The number of rotatable bonds is 3. The molecule has 0 bridgehead atoms. The number of carbonyl (C=O) groups excluding carboxylic acids is 1. The summed E-state index contributed by atoms with van der Waals surface area (Å²) in [5, 5.41) is 0. The molecule has 0 atom stereocenters. The third-order valence-corrected chi connectivity index (χ3v) is 10.4. The normalized spacial score (nSPS) is 18.8. The van der Waals surface area contributed by atoms with E-state index in [9.17, 15) is 4.79 Å². The third-order valence-electron chi connectivity index (χ3n) is 5.36. The quantitative estimate of drug-likeness (QED) is 0.583. The van der Waals surface area contributed by atoms with Gasteiger partial charge in [-0.15, -0.1) is 0 Å². The molecule has 2 saturated heterocycles. The van der Waals surface area contributed by atoms with Crippen molar-refractivity contribution in [3.05, 3.63) is 6.20 Å². The standard InChI is InChI=1S/C18H28N5O2.3CH3.Sn/c1-18(2,3)25-17(24)23-12-6-11-22(13-14-23)16-15(19-7-8-20-16)21-9-4-5-10-21;;;;/h7H,4-6,9-14H2,1-3H3;3*1H3;. The second-order valence-corrected chi connectivity index (χ2v) is 24.5. The van der Waals surface area contributed by atoms with E-state index in [1.807, 2.05) is 31.9 Å². The summed E-state index contributed by atoms with van der Waals surface area (Å²) < 4.78 is 6.80. The molecule has 0 aromatic carbocycles. The maximum atomic E-state index is 12.5. The molecule has 2 fully saturated rings. The molecule has 0 saturated carbocycles. The fourth-order valence-electron chi connectivity index (χ4n) is 3.74. The van der Waals surface area contributed by atoms with Crippen LogP contribution in [0.25, 0.3) is 0 Å². The van der Waals surface area contributed by atoms with Crippen molar-refractivity contribution in [1.29, 1.82) is 0 Å². The van der Waals surface area contributed by atoms with E-state index in [4.69, 9.17) is 14.7 Å². The Morgan fingerprint density at radius 2 is 1.55 bits per heavy atom. The second-order valence-electron chi connectivity index (χ2n) is 10.2. The number of hydrogen-bond donors (Lipinski definition) is 0. The minimum absolute atomic E-state index is 0.218. The van der Waals surface area contributed by atoms with Gasteiger partial charge in [0, 0.05) is 0 Å². The van der Waals surface area contributed by atoms with Gasteiger partial charge >= 0.3 is 180 Å². The Hall–Kier alpha value is -1.25. The number of carbonyl (C=O) groups is 1. The van der Waals surface area contributed by atoms with Crippen LogP contribution in [0.1, 0.15) is 40.0 Å². The van der Waals surface area contributed by atoms with E-state index >= 15 is 0 Å². The van der Waals surface area contributed by atoms with E-state index in [1.165, 1.54) is 16.6 Å². The molecular formula is C21H37N5O2Sn. The van der Waals surface area contributed by atoms with Crippen LogP contribution in [0, 0.1) is 0 Å². The van der Waals surface area contributed by atoms with Gasteiger partial charge in [-0.05, 0) is 0 Å². The zero-order chi connectivity index (χ0) is 21.2. The van der Waals surface area contributed by atoms with Crippen LogP contribution in [0.3, 0.4) is 0 Å². The molecule has 3 rings (SSSR count). The number of nitrogens with zero attached hydrogens (tertiary/aromatic N) is 5. The van der Waals surface area contributed by atoms with E-state index in [2.05, 4.69) is 24.6 Å². The molecular weight excluding hydrogens is 473 g/mol. The zero-order valence-corrected chi connectivity index (χ0v) is 21.8. The van der Waals surface area contributed by atoms with Crippen molar-refractivity contribution in [2.45, 2.75) is 60.5 Å². The van der Waals surface area contributed by atoms with E-state index in [0.29, 0.717) is 6.54 Å². The summed E-state index contributed by atoms with van der Waals surface area (Å²) in [4.78, 5) is 36.3. The molecule has 7 nitrogen and oxygen atoms in total. The van der Waals surface area contributed by atoms with Gasteiger partial charge in [0.25, 0.3) is 0 Å². The molecule has 2 aliphatic rings. The topological polar surface area (TPSA) is 61.8 Å². The van der Waals surface area contributed by atoms with Crippen molar-refractivity contribution in [1.82, 2.24) is 14.9 Å². The van der Waals surface area contributed by atoms with Gasteiger partial charge in [-0.3, -0.25) is 0 Å². The Morgan fingerprint density at radius 1 is 0.931 bits per heavy atom. The van der Waals surface area contributed by atoms with Gasteiger partial charge in [-0.2, -0.15) is 0 Å². The SMILES string of the molecule is CC(C)(C)OC(=O)N1CCCN(c2n[c]([Sn]([CH3])([CH3])[CH3])cnc2N2CCCC2)CC1. The molecule has 2 aliphatic heterocycles. The Morgan fingerprint density at radius 3 is 2.17 bits per heavy atom. The average Bonchev–Trinajstić information content (AvgIpc) is 3.03. The monoisotopic (exact) mass is 511 g/mol. The van der Waals surface area contributed by atoms with Gasteiger partial charge in [0.15, 0.2) is 0 Å². The van der Waals surface area contributed by atoms with Crippen LogP contribution in [0.15, 0.2) is 6.20 Å². The van der Waals surface area contributed by atoms with Crippen molar-refractivity contribution in [3.63, 3.8) is 0 Å². The Balaban J connectivity index is 1.82. The first-order chi connectivity index (χ1) is 13.5. The van der Waals surface area contributed by atoms with Gasteiger partial charge < -0.3 is 0 Å². The van der Waals surface area contributed by atoms with Crippen LogP contribution in [0.4, 0.5) is 16.4 Å². The van der Waals surface area contributed by atoms with Crippen molar-refractivity contribution >= 4 is 39.8 Å². The number of anilines is 2. The number of amides is 1. The Kier molecular flexibility index (Phi) is 6.85. The average molecular weight is 510 g/mol. The van der Waals surface area contributed by atoms with E-state index in [0.717, 1.165) is 50.8 Å². The first-order valence-electron chi connectivity index (χ1n) is 10.9. The molecule has 0 unspecified atom stereocenters. The first kappa shape index (κ1) is 22.4. The first-order valence-corrected chi connectivity index (χ1v) is 20.9. The van der Waals surface area contributed by atoms with E-state index < -0.39 is 24.0 Å². The number of aromatic nitrogens is 2.